The van der Waals surface area contributed by atoms with Gasteiger partial charge in [-0.05, 0) is 27.6 Å². The summed E-state index contributed by atoms with van der Waals surface area (Å²) >= 11 is 3.24. The van der Waals surface area contributed by atoms with Crippen molar-refractivity contribution in [1.29, 1.82) is 0 Å². The summed E-state index contributed by atoms with van der Waals surface area (Å²) in [5.41, 5.74) is 1.73. The van der Waals surface area contributed by atoms with Gasteiger partial charge in [-0.2, -0.15) is 0 Å². The van der Waals surface area contributed by atoms with Crippen LogP contribution in [0.4, 0.5) is 0 Å². The van der Waals surface area contributed by atoms with Gasteiger partial charge >= 0.3 is 0 Å². The first-order chi connectivity index (χ1) is 5.07. The number of hydrogen-bond donors (Lipinski definition) is 1. The molecular formula is C6H6BrNO2S. The van der Waals surface area contributed by atoms with Crippen LogP contribution in [0.15, 0.2) is 10.7 Å². The number of aromatic amines is 1. The molecule has 0 saturated carbocycles. The van der Waals surface area contributed by atoms with Crippen molar-refractivity contribution < 1.29 is 8.42 Å². The minimum Gasteiger partial charge on any atom is -0.352 e. The summed E-state index contributed by atoms with van der Waals surface area (Å²) in [5, 5.41) is 0. The van der Waals surface area contributed by atoms with E-state index in [4.69, 9.17) is 0 Å². The molecule has 1 aliphatic rings. The van der Waals surface area contributed by atoms with Gasteiger partial charge in [0, 0.05) is 5.69 Å². The van der Waals surface area contributed by atoms with E-state index in [2.05, 4.69) is 20.9 Å². The Bertz CT molecular complexity index is 363. The molecule has 1 aromatic heterocycles. The van der Waals surface area contributed by atoms with Crippen LogP contribution in [0.5, 0.6) is 0 Å². The van der Waals surface area contributed by atoms with Crippen LogP contribution in [0.2, 0.25) is 0 Å². The van der Waals surface area contributed by atoms with Crippen molar-refractivity contribution in [2.24, 2.45) is 0 Å². The standard InChI is InChI=1S/C6H6BrNO2S/c7-6-1-4-2-11(9,10)3-5(4)8-6/h1,8H,2-3H2. The fourth-order valence-corrected chi connectivity index (χ4v) is 3.31. The van der Waals surface area contributed by atoms with E-state index in [1.807, 2.05) is 6.07 Å². The largest absolute Gasteiger partial charge is 0.352 e. The normalized spacial score (nSPS) is 20.1. The lowest BCUT2D eigenvalue weighted by Crippen LogP contribution is -1.96. The molecular weight excluding hydrogens is 230 g/mol. The van der Waals surface area contributed by atoms with Gasteiger partial charge < -0.3 is 4.98 Å². The Hall–Kier alpha value is -0.290. The van der Waals surface area contributed by atoms with Gasteiger partial charge in [0.25, 0.3) is 0 Å². The molecule has 0 aliphatic carbocycles. The number of halogens is 1. The van der Waals surface area contributed by atoms with Crippen molar-refractivity contribution in [3.05, 3.63) is 21.9 Å². The van der Waals surface area contributed by atoms with E-state index in [0.29, 0.717) is 0 Å². The van der Waals surface area contributed by atoms with Gasteiger partial charge in [0.2, 0.25) is 0 Å². The highest BCUT2D eigenvalue weighted by Gasteiger charge is 2.26. The second-order valence-corrected chi connectivity index (χ2v) is 5.57. The second-order valence-electron chi connectivity index (χ2n) is 2.65. The molecule has 0 amide bonds. The Morgan fingerprint density at radius 1 is 1.45 bits per heavy atom. The highest BCUT2D eigenvalue weighted by atomic mass is 79.9. The molecule has 0 unspecified atom stereocenters. The van der Waals surface area contributed by atoms with Crippen LogP contribution in [-0.2, 0) is 21.3 Å². The van der Waals surface area contributed by atoms with Crippen LogP contribution in [0, 0.1) is 0 Å². The summed E-state index contributed by atoms with van der Waals surface area (Å²) in [6.45, 7) is 0. The number of aromatic nitrogens is 1. The Morgan fingerprint density at radius 3 is 2.82 bits per heavy atom. The van der Waals surface area contributed by atoms with Gasteiger partial charge in [0.05, 0.1) is 16.1 Å². The predicted octanol–water partition coefficient (Wildman–Crippen LogP) is 1.21. The Kier molecular flexibility index (Phi) is 1.41. The minimum absolute atomic E-state index is 0.161. The lowest BCUT2D eigenvalue weighted by Gasteiger charge is -1.88. The van der Waals surface area contributed by atoms with E-state index in [1.165, 1.54) is 0 Å². The third-order valence-electron chi connectivity index (χ3n) is 1.70. The van der Waals surface area contributed by atoms with Crippen molar-refractivity contribution in [3.8, 4) is 0 Å². The van der Waals surface area contributed by atoms with Gasteiger partial charge in [-0.25, -0.2) is 8.42 Å². The Balaban J connectivity index is 2.53. The number of H-pyrrole nitrogens is 1. The summed E-state index contributed by atoms with van der Waals surface area (Å²) in [4.78, 5) is 2.95. The van der Waals surface area contributed by atoms with Crippen LogP contribution < -0.4 is 0 Å². The molecule has 0 radical (unpaired) electrons. The minimum atomic E-state index is -2.83. The van der Waals surface area contributed by atoms with Crippen molar-refractivity contribution in [2.75, 3.05) is 0 Å². The van der Waals surface area contributed by atoms with E-state index in [-0.39, 0.29) is 11.5 Å². The van der Waals surface area contributed by atoms with Gasteiger partial charge in [0.15, 0.2) is 9.84 Å². The third kappa shape index (κ3) is 1.22. The molecule has 2 heterocycles. The maximum atomic E-state index is 11.0. The zero-order valence-corrected chi connectivity index (χ0v) is 8.00. The molecule has 0 bridgehead atoms. The fourth-order valence-electron chi connectivity index (χ4n) is 1.27. The number of fused-ring (bicyclic) bond motifs is 1. The first-order valence-electron chi connectivity index (χ1n) is 3.13. The lowest BCUT2D eigenvalue weighted by molar-refractivity contribution is 0.597. The molecule has 1 aromatic rings. The SMILES string of the molecule is O=S1(=O)Cc2cc(Br)[nH]c2C1. The molecule has 60 valence electrons. The number of sulfone groups is 1. The van der Waals surface area contributed by atoms with Gasteiger partial charge in [-0.1, -0.05) is 0 Å². The molecule has 0 fully saturated rings. The van der Waals surface area contributed by atoms with Gasteiger partial charge in [0.1, 0.15) is 0 Å². The topological polar surface area (TPSA) is 49.9 Å². The summed E-state index contributed by atoms with van der Waals surface area (Å²) in [6.07, 6.45) is 0. The summed E-state index contributed by atoms with van der Waals surface area (Å²) in [6, 6.07) is 1.82. The molecule has 5 heteroatoms. The van der Waals surface area contributed by atoms with Crippen molar-refractivity contribution in [1.82, 2.24) is 4.98 Å². The Labute approximate surface area is 72.9 Å². The monoisotopic (exact) mass is 235 g/mol. The number of nitrogens with one attached hydrogen (secondary N) is 1. The zero-order chi connectivity index (χ0) is 8.06. The first-order valence-corrected chi connectivity index (χ1v) is 5.75. The maximum Gasteiger partial charge on any atom is 0.160 e. The third-order valence-corrected chi connectivity index (χ3v) is 3.61. The molecule has 2 rings (SSSR count). The van der Waals surface area contributed by atoms with E-state index < -0.39 is 9.84 Å². The molecule has 0 aromatic carbocycles. The number of hydrogen-bond acceptors (Lipinski definition) is 2. The fraction of sp³-hybridized carbons (Fsp3) is 0.333. The highest BCUT2D eigenvalue weighted by Crippen LogP contribution is 2.26. The van der Waals surface area contributed by atoms with Crippen molar-refractivity contribution >= 4 is 25.8 Å². The van der Waals surface area contributed by atoms with E-state index >= 15 is 0 Å². The quantitative estimate of drug-likeness (QED) is 0.735. The molecule has 1 N–H and O–H groups in total. The molecule has 0 saturated heterocycles. The van der Waals surface area contributed by atoms with Crippen LogP contribution in [0.1, 0.15) is 11.3 Å². The Morgan fingerprint density at radius 2 is 2.18 bits per heavy atom. The van der Waals surface area contributed by atoms with Gasteiger partial charge in [-0.15, -0.1) is 0 Å². The van der Waals surface area contributed by atoms with Crippen LogP contribution in [-0.4, -0.2) is 13.4 Å². The van der Waals surface area contributed by atoms with Crippen molar-refractivity contribution in [2.45, 2.75) is 11.5 Å². The average Bonchev–Trinajstić information content (AvgIpc) is 2.17. The summed E-state index contributed by atoms with van der Waals surface area (Å²) in [5.74, 6) is 0.346. The van der Waals surface area contributed by atoms with Gasteiger partial charge in [-0.3, -0.25) is 0 Å². The smallest absolute Gasteiger partial charge is 0.160 e. The average molecular weight is 236 g/mol. The lowest BCUT2D eigenvalue weighted by atomic mass is 10.3. The molecule has 11 heavy (non-hydrogen) atoms. The van der Waals surface area contributed by atoms with E-state index in [9.17, 15) is 8.42 Å². The maximum absolute atomic E-state index is 11.0. The van der Waals surface area contributed by atoms with Crippen LogP contribution in [0.25, 0.3) is 0 Å². The summed E-state index contributed by atoms with van der Waals surface area (Å²) < 4.78 is 22.9. The second kappa shape index (κ2) is 2.10. The molecule has 0 spiro atoms. The molecule has 3 nitrogen and oxygen atoms in total. The predicted molar refractivity (Wildman–Crippen MR) is 44.8 cm³/mol. The van der Waals surface area contributed by atoms with Crippen LogP contribution >= 0.6 is 15.9 Å². The van der Waals surface area contributed by atoms with Crippen LogP contribution in [0.3, 0.4) is 0 Å². The molecule has 1 aliphatic heterocycles. The number of rotatable bonds is 0. The zero-order valence-electron chi connectivity index (χ0n) is 5.59. The van der Waals surface area contributed by atoms with E-state index in [0.717, 1.165) is 15.9 Å². The highest BCUT2D eigenvalue weighted by molar-refractivity contribution is 9.10. The summed E-state index contributed by atoms with van der Waals surface area (Å²) in [7, 11) is -2.83. The van der Waals surface area contributed by atoms with E-state index in [1.54, 1.807) is 0 Å². The molecule has 0 atom stereocenters. The van der Waals surface area contributed by atoms with Crippen molar-refractivity contribution in [3.63, 3.8) is 0 Å². The first kappa shape index (κ1) is 7.36.